The van der Waals surface area contributed by atoms with Crippen molar-refractivity contribution in [1.82, 2.24) is 14.9 Å². The smallest absolute Gasteiger partial charge is 0.254 e. The second kappa shape index (κ2) is 10.0. The Morgan fingerprint density at radius 2 is 1.80 bits per heavy atom. The van der Waals surface area contributed by atoms with Crippen molar-refractivity contribution in [1.29, 1.82) is 0 Å². The molecule has 35 heavy (non-hydrogen) atoms. The van der Waals surface area contributed by atoms with Crippen LogP contribution in [0.5, 0.6) is 0 Å². The molecule has 0 aliphatic rings. The molecule has 1 amide bonds. The number of rotatable bonds is 7. The third kappa shape index (κ3) is 4.73. The number of thioether (sulfide) groups is 1. The number of aryl methyl sites for hydroxylation is 1. The number of anilines is 1. The van der Waals surface area contributed by atoms with Crippen LogP contribution in [0.4, 0.5) is 5.69 Å². The quantitative estimate of drug-likeness (QED) is 0.348. The lowest BCUT2D eigenvalue weighted by Crippen LogP contribution is -2.28. The third-order valence-electron chi connectivity index (χ3n) is 6.54. The number of hydrogen-bond donors (Lipinski definition) is 2. The summed E-state index contributed by atoms with van der Waals surface area (Å²) >= 11 is 1.51. The highest BCUT2D eigenvalue weighted by Gasteiger charge is 2.23. The summed E-state index contributed by atoms with van der Waals surface area (Å²) in [4.78, 5) is 31.8. The molecule has 7 heteroatoms. The van der Waals surface area contributed by atoms with Crippen LogP contribution in [0, 0.1) is 13.8 Å². The van der Waals surface area contributed by atoms with Crippen LogP contribution in [0.2, 0.25) is 0 Å². The van der Waals surface area contributed by atoms with Crippen LogP contribution in [0.3, 0.4) is 0 Å². The van der Waals surface area contributed by atoms with Crippen LogP contribution < -0.4 is 15.8 Å². The molecule has 0 aliphatic carbocycles. The molecule has 4 rings (SSSR count). The fraction of sp³-hybridized carbons (Fsp3) is 0.286. The molecule has 2 aromatic carbocycles. The van der Waals surface area contributed by atoms with E-state index < -0.39 is 0 Å². The van der Waals surface area contributed by atoms with Crippen LogP contribution in [-0.4, -0.2) is 35.8 Å². The van der Waals surface area contributed by atoms with Gasteiger partial charge in [-0.25, -0.2) is 0 Å². The van der Waals surface area contributed by atoms with Gasteiger partial charge in [0.2, 0.25) is 0 Å². The summed E-state index contributed by atoms with van der Waals surface area (Å²) < 4.78 is 2.22. The van der Waals surface area contributed by atoms with Crippen molar-refractivity contribution in [3.63, 3.8) is 0 Å². The molecule has 2 N–H and O–H groups in total. The zero-order valence-electron chi connectivity index (χ0n) is 21.1. The van der Waals surface area contributed by atoms with E-state index in [4.69, 9.17) is 0 Å². The average molecular weight is 489 g/mol. The van der Waals surface area contributed by atoms with Gasteiger partial charge in [0.15, 0.2) is 0 Å². The molecule has 0 radical (unpaired) electrons. The first-order valence-corrected chi connectivity index (χ1v) is 12.9. The molecule has 2 heterocycles. The number of pyridine rings is 1. The molecule has 0 bridgehead atoms. The van der Waals surface area contributed by atoms with Gasteiger partial charge < -0.3 is 19.8 Å². The molecule has 6 nitrogen and oxygen atoms in total. The highest BCUT2D eigenvalue weighted by atomic mass is 32.2. The van der Waals surface area contributed by atoms with E-state index in [0.29, 0.717) is 11.1 Å². The highest BCUT2D eigenvalue weighted by molar-refractivity contribution is 7.98. The van der Waals surface area contributed by atoms with Crippen molar-refractivity contribution in [3.8, 4) is 0 Å². The first-order chi connectivity index (χ1) is 16.7. The molecular formula is C28H32N4O2S. The number of nitrogens with zero attached hydrogens (tertiary/aromatic N) is 2. The number of hydrogen-bond acceptors (Lipinski definition) is 4. The Balaban J connectivity index is 1.70. The Morgan fingerprint density at radius 3 is 2.46 bits per heavy atom. The van der Waals surface area contributed by atoms with E-state index in [2.05, 4.69) is 57.0 Å². The number of para-hydroxylation sites is 1. The molecule has 0 aliphatic heterocycles. The lowest BCUT2D eigenvalue weighted by molar-refractivity contribution is 0.0951. The van der Waals surface area contributed by atoms with E-state index in [-0.39, 0.29) is 24.1 Å². The van der Waals surface area contributed by atoms with Gasteiger partial charge in [-0.1, -0.05) is 30.3 Å². The highest BCUT2D eigenvalue weighted by Crippen LogP contribution is 2.32. The van der Waals surface area contributed by atoms with E-state index in [1.54, 1.807) is 0 Å². The number of aromatic amines is 1. The summed E-state index contributed by atoms with van der Waals surface area (Å²) in [6.07, 6.45) is 1.93. The molecule has 0 spiro atoms. The number of fused-ring (bicyclic) bond motifs is 1. The van der Waals surface area contributed by atoms with Crippen molar-refractivity contribution < 1.29 is 4.79 Å². The number of carbonyl (C=O) groups excluding carboxylic acids is 1. The maximum absolute atomic E-state index is 13.5. The minimum absolute atomic E-state index is 0.0423. The van der Waals surface area contributed by atoms with E-state index in [1.807, 2.05) is 58.5 Å². The fourth-order valence-corrected chi connectivity index (χ4v) is 5.38. The van der Waals surface area contributed by atoms with Crippen LogP contribution in [-0.2, 0) is 6.54 Å². The van der Waals surface area contributed by atoms with Crippen molar-refractivity contribution >= 4 is 34.3 Å². The van der Waals surface area contributed by atoms with Gasteiger partial charge in [0.25, 0.3) is 11.5 Å². The number of H-pyrrole nitrogens is 1. The SMILES string of the molecule is CSc1cc(C)[nH]c(=O)c1CNC(=O)c1c(C)n([C@@H](C)c2ccc(N(C)C)cc2)c2ccccc12. The maximum atomic E-state index is 13.5. The van der Waals surface area contributed by atoms with Gasteiger partial charge in [0.1, 0.15) is 0 Å². The van der Waals surface area contributed by atoms with Crippen LogP contribution in [0.15, 0.2) is 64.3 Å². The van der Waals surface area contributed by atoms with Gasteiger partial charge in [-0.3, -0.25) is 9.59 Å². The Kier molecular flexibility index (Phi) is 7.08. The standard InChI is InChI=1S/C28H32N4O2S/c1-17-15-25(35-6)23(27(33)30-17)16-29-28(34)26-19(3)32(24-10-8-7-9-22(24)26)18(2)20-11-13-21(14-12-20)31(4)5/h7-15,18H,16H2,1-6H3,(H,29,34)(H,30,33)/t18-/m0/s1. The number of aromatic nitrogens is 2. The van der Waals surface area contributed by atoms with Gasteiger partial charge in [-0.05, 0) is 56.9 Å². The minimum Gasteiger partial charge on any atom is -0.378 e. The second-order valence-corrected chi connectivity index (χ2v) is 9.87. The summed E-state index contributed by atoms with van der Waals surface area (Å²) in [5.74, 6) is -0.181. The summed E-state index contributed by atoms with van der Waals surface area (Å²) in [7, 11) is 4.05. The normalized spacial score (nSPS) is 12.1. The van der Waals surface area contributed by atoms with Crippen molar-refractivity contribution in [2.24, 2.45) is 0 Å². The third-order valence-corrected chi connectivity index (χ3v) is 7.34. The molecule has 4 aromatic rings. The van der Waals surface area contributed by atoms with Crippen LogP contribution >= 0.6 is 11.8 Å². The molecule has 1 atom stereocenters. The first kappa shape index (κ1) is 24.7. The van der Waals surface area contributed by atoms with E-state index in [1.165, 1.54) is 17.3 Å². The Hall–Kier alpha value is -3.45. The van der Waals surface area contributed by atoms with E-state index in [0.717, 1.165) is 32.9 Å². The Bertz CT molecular complexity index is 1430. The first-order valence-electron chi connectivity index (χ1n) is 11.6. The van der Waals surface area contributed by atoms with E-state index >= 15 is 0 Å². The van der Waals surface area contributed by atoms with Gasteiger partial charge >= 0.3 is 0 Å². The largest absolute Gasteiger partial charge is 0.378 e. The van der Waals surface area contributed by atoms with Gasteiger partial charge in [0, 0.05) is 59.1 Å². The molecule has 0 saturated carbocycles. The average Bonchev–Trinajstić information content (AvgIpc) is 3.14. The number of benzene rings is 2. The van der Waals surface area contributed by atoms with Crippen molar-refractivity contribution in [2.75, 3.05) is 25.3 Å². The molecule has 182 valence electrons. The van der Waals surface area contributed by atoms with Crippen molar-refractivity contribution in [3.05, 3.63) is 93.0 Å². The van der Waals surface area contributed by atoms with Crippen LogP contribution in [0.25, 0.3) is 10.9 Å². The second-order valence-electron chi connectivity index (χ2n) is 9.02. The number of nitrogens with one attached hydrogen (secondary N) is 2. The maximum Gasteiger partial charge on any atom is 0.254 e. The predicted molar refractivity (Wildman–Crippen MR) is 146 cm³/mol. The van der Waals surface area contributed by atoms with Crippen molar-refractivity contribution in [2.45, 2.75) is 38.3 Å². The topological polar surface area (TPSA) is 70.1 Å². The monoisotopic (exact) mass is 488 g/mol. The molecule has 2 aromatic heterocycles. The lowest BCUT2D eigenvalue weighted by Gasteiger charge is -2.20. The van der Waals surface area contributed by atoms with Crippen LogP contribution in [0.1, 0.15) is 45.8 Å². The zero-order valence-corrected chi connectivity index (χ0v) is 21.9. The van der Waals surface area contributed by atoms with E-state index in [9.17, 15) is 9.59 Å². The summed E-state index contributed by atoms with van der Waals surface area (Å²) in [6.45, 7) is 6.18. The number of amides is 1. The van der Waals surface area contributed by atoms with Gasteiger partial charge in [-0.15, -0.1) is 11.8 Å². The van der Waals surface area contributed by atoms with Gasteiger partial charge in [-0.2, -0.15) is 0 Å². The molecule has 0 unspecified atom stereocenters. The molecule has 0 saturated heterocycles. The Labute approximate surface area is 210 Å². The Morgan fingerprint density at radius 1 is 1.11 bits per heavy atom. The summed E-state index contributed by atoms with van der Waals surface area (Å²) in [5.41, 5.74) is 6.09. The predicted octanol–water partition coefficient (Wildman–Crippen LogP) is 5.27. The minimum atomic E-state index is -0.181. The van der Waals surface area contributed by atoms with Gasteiger partial charge in [0.05, 0.1) is 11.6 Å². The lowest BCUT2D eigenvalue weighted by atomic mass is 10.1. The summed E-state index contributed by atoms with van der Waals surface area (Å²) in [5, 5.41) is 3.91. The number of carbonyl (C=O) groups is 1. The zero-order chi connectivity index (χ0) is 25.3. The summed E-state index contributed by atoms with van der Waals surface area (Å²) in [6, 6.07) is 18.5. The fourth-order valence-electron chi connectivity index (χ4n) is 4.67. The molecular weight excluding hydrogens is 456 g/mol. The molecule has 0 fully saturated rings.